The predicted octanol–water partition coefficient (Wildman–Crippen LogP) is 6.29. The smallest absolute Gasteiger partial charge is 0.275 e. The molecule has 3 aliphatic rings. The van der Waals surface area contributed by atoms with Gasteiger partial charge in [0.2, 0.25) is 0 Å². The molecular weight excluding hydrogens is 576 g/mol. The first-order valence-electron chi connectivity index (χ1n) is 15.9. The van der Waals surface area contributed by atoms with E-state index in [9.17, 15) is 18.4 Å². The number of nitrogens with zero attached hydrogens (tertiary/aromatic N) is 5. The second-order valence-corrected chi connectivity index (χ2v) is 14.4. The van der Waals surface area contributed by atoms with E-state index in [2.05, 4.69) is 53.6 Å². The van der Waals surface area contributed by atoms with Crippen molar-refractivity contribution in [1.29, 1.82) is 0 Å². The molecule has 2 heterocycles. The zero-order chi connectivity index (χ0) is 32.0. The lowest BCUT2D eigenvalue weighted by molar-refractivity contribution is -0.134. The third kappa shape index (κ3) is 6.53. The van der Waals surface area contributed by atoms with Crippen LogP contribution in [0, 0.1) is 28.4 Å². The van der Waals surface area contributed by atoms with Crippen molar-refractivity contribution in [3.63, 3.8) is 0 Å². The Morgan fingerprint density at radius 2 is 1.73 bits per heavy atom. The van der Waals surface area contributed by atoms with Crippen molar-refractivity contribution in [2.45, 2.75) is 97.3 Å². The fraction of sp³-hybridized carbons (Fsp3) is 0.529. The summed E-state index contributed by atoms with van der Waals surface area (Å²) < 4.78 is 28.8. The molecule has 2 aromatic carbocycles. The van der Waals surface area contributed by atoms with Crippen molar-refractivity contribution >= 4 is 17.5 Å². The molecule has 2 saturated carbocycles. The summed E-state index contributed by atoms with van der Waals surface area (Å²) in [5.41, 5.74) is 1.20. The molecule has 2 N–H and O–H groups in total. The molecule has 6 rings (SSSR count). The van der Waals surface area contributed by atoms with Crippen LogP contribution in [0.25, 0.3) is 0 Å². The molecule has 1 aliphatic heterocycles. The number of aromatic amines is 1. The van der Waals surface area contributed by atoms with Crippen LogP contribution in [0.5, 0.6) is 0 Å². The lowest BCUT2D eigenvalue weighted by Gasteiger charge is -2.47. The van der Waals surface area contributed by atoms with Crippen LogP contribution < -0.4 is 5.32 Å². The number of aromatic nitrogens is 4. The maximum atomic E-state index is 14.5. The predicted molar refractivity (Wildman–Crippen MR) is 165 cm³/mol. The van der Waals surface area contributed by atoms with Crippen molar-refractivity contribution in [3.05, 3.63) is 76.6 Å². The SMILES string of the molecule is CC1(CC[C@H](c2ccc(C(=O)NCc3nn[nH]n3)cc2)N2C(=O)C(c3cc(F)cc(F)c3)=NC23CCC(C(C)(C)C)CC3)CC1. The van der Waals surface area contributed by atoms with Crippen molar-refractivity contribution in [2.75, 3.05) is 0 Å². The van der Waals surface area contributed by atoms with E-state index < -0.39 is 17.3 Å². The number of aliphatic imine (C=N–C) groups is 1. The molecule has 9 nitrogen and oxygen atoms in total. The first-order valence-corrected chi connectivity index (χ1v) is 15.9. The Kier molecular flexibility index (Phi) is 8.07. The Balaban J connectivity index is 1.34. The van der Waals surface area contributed by atoms with Crippen molar-refractivity contribution < 1.29 is 18.4 Å². The van der Waals surface area contributed by atoms with Crippen molar-refractivity contribution in [1.82, 2.24) is 30.8 Å². The highest BCUT2D eigenvalue weighted by Gasteiger charge is 2.53. The minimum atomic E-state index is -0.813. The highest BCUT2D eigenvalue weighted by molar-refractivity contribution is 6.46. The van der Waals surface area contributed by atoms with Gasteiger partial charge in [-0.2, -0.15) is 5.21 Å². The number of rotatable bonds is 9. The maximum Gasteiger partial charge on any atom is 0.275 e. The number of halogens is 2. The van der Waals surface area contributed by atoms with Crippen LogP contribution in [-0.4, -0.2) is 48.7 Å². The van der Waals surface area contributed by atoms with Gasteiger partial charge in [0.15, 0.2) is 5.82 Å². The zero-order valence-electron chi connectivity index (χ0n) is 26.4. The molecule has 45 heavy (non-hydrogen) atoms. The Morgan fingerprint density at radius 1 is 1.07 bits per heavy atom. The average molecular weight is 618 g/mol. The summed E-state index contributed by atoms with van der Waals surface area (Å²) >= 11 is 0. The van der Waals surface area contributed by atoms with E-state index in [0.717, 1.165) is 50.2 Å². The van der Waals surface area contributed by atoms with Gasteiger partial charge in [-0.15, -0.1) is 10.2 Å². The number of amides is 2. The van der Waals surface area contributed by atoms with Gasteiger partial charge < -0.3 is 10.2 Å². The van der Waals surface area contributed by atoms with E-state index in [0.29, 0.717) is 30.1 Å². The van der Waals surface area contributed by atoms with Gasteiger partial charge in [-0.05, 0) is 97.9 Å². The molecule has 3 aromatic rings. The number of nitrogens with one attached hydrogen (secondary N) is 2. The van der Waals surface area contributed by atoms with Gasteiger partial charge in [-0.1, -0.05) is 45.0 Å². The van der Waals surface area contributed by atoms with Crippen LogP contribution in [0.2, 0.25) is 0 Å². The summed E-state index contributed by atoms with van der Waals surface area (Å²) in [6, 6.07) is 10.2. The van der Waals surface area contributed by atoms with E-state index in [1.54, 1.807) is 12.1 Å². The molecule has 238 valence electrons. The molecule has 2 fully saturated rings. The third-order valence-corrected chi connectivity index (χ3v) is 10.1. The summed E-state index contributed by atoms with van der Waals surface area (Å²) in [4.78, 5) is 34.3. The largest absolute Gasteiger partial charge is 0.345 e. The molecule has 1 aromatic heterocycles. The highest BCUT2D eigenvalue weighted by atomic mass is 19.1. The van der Waals surface area contributed by atoms with Crippen LogP contribution in [0.15, 0.2) is 47.5 Å². The highest BCUT2D eigenvalue weighted by Crippen LogP contribution is 2.53. The fourth-order valence-corrected chi connectivity index (χ4v) is 6.99. The normalized spacial score (nSPS) is 23.2. The molecule has 0 radical (unpaired) electrons. The van der Waals surface area contributed by atoms with E-state index in [1.165, 1.54) is 12.1 Å². The van der Waals surface area contributed by atoms with E-state index in [1.807, 2.05) is 17.0 Å². The number of tetrazole rings is 1. The first kappa shape index (κ1) is 31.0. The molecule has 2 aliphatic carbocycles. The second kappa shape index (κ2) is 11.7. The van der Waals surface area contributed by atoms with Crippen LogP contribution >= 0.6 is 0 Å². The van der Waals surface area contributed by atoms with Gasteiger partial charge in [0.25, 0.3) is 11.8 Å². The van der Waals surface area contributed by atoms with Crippen LogP contribution in [0.4, 0.5) is 8.78 Å². The summed E-state index contributed by atoms with van der Waals surface area (Å²) in [6.07, 6.45) is 7.08. The quantitative estimate of drug-likeness (QED) is 0.293. The zero-order valence-corrected chi connectivity index (χ0v) is 26.4. The summed E-state index contributed by atoms with van der Waals surface area (Å²) in [5.74, 6) is -1.21. The molecule has 1 atom stereocenters. The van der Waals surface area contributed by atoms with Crippen LogP contribution in [-0.2, 0) is 11.3 Å². The molecule has 2 amide bonds. The molecule has 0 bridgehead atoms. The number of hydrogen-bond donors (Lipinski definition) is 2. The fourth-order valence-electron chi connectivity index (χ4n) is 6.99. The monoisotopic (exact) mass is 617 g/mol. The van der Waals surface area contributed by atoms with Crippen molar-refractivity contribution in [3.8, 4) is 0 Å². The molecule has 11 heteroatoms. The number of H-pyrrole nitrogens is 1. The van der Waals surface area contributed by atoms with Gasteiger partial charge in [0, 0.05) is 17.2 Å². The molecule has 0 saturated heterocycles. The average Bonchev–Trinajstić information content (AvgIpc) is 3.38. The Labute approximate surface area is 262 Å². The second-order valence-electron chi connectivity index (χ2n) is 14.4. The van der Waals surface area contributed by atoms with Gasteiger partial charge in [-0.3, -0.25) is 14.6 Å². The number of benzene rings is 2. The van der Waals surface area contributed by atoms with E-state index >= 15 is 0 Å². The Bertz CT molecular complexity index is 1570. The molecule has 1 spiro atoms. The standard InChI is InChI=1S/C34H41F2N7O2/c1-32(2,3)24-9-13-34(14-10-24)38-29(23-17-25(35)19-26(36)18-23)31(45)43(34)27(11-12-33(4)15-16-33)21-5-7-22(8-6-21)30(44)37-20-28-39-41-42-40-28/h5-8,17-19,24,27H,9-16,20H2,1-4H3,(H,37,44)(H,39,40,41,42)/t24?,27-,34?/m1/s1. The number of carbonyl (C=O) groups excluding carboxylic acids is 2. The van der Waals surface area contributed by atoms with Gasteiger partial charge in [0.05, 0.1) is 12.6 Å². The minimum absolute atomic E-state index is 0.114. The Hall–Kier alpha value is -4.02. The van der Waals surface area contributed by atoms with Gasteiger partial charge in [-0.25, -0.2) is 8.78 Å². The van der Waals surface area contributed by atoms with Crippen molar-refractivity contribution in [2.24, 2.45) is 21.7 Å². The van der Waals surface area contributed by atoms with Gasteiger partial charge >= 0.3 is 0 Å². The lowest BCUT2D eigenvalue weighted by atomic mass is 9.69. The lowest BCUT2D eigenvalue weighted by Crippen LogP contribution is -2.51. The van der Waals surface area contributed by atoms with Crippen LogP contribution in [0.3, 0.4) is 0 Å². The summed E-state index contributed by atoms with van der Waals surface area (Å²) in [5, 5.41) is 16.4. The first-order chi connectivity index (χ1) is 21.4. The van der Waals surface area contributed by atoms with E-state index in [4.69, 9.17) is 4.99 Å². The minimum Gasteiger partial charge on any atom is -0.345 e. The van der Waals surface area contributed by atoms with Gasteiger partial charge in [0.1, 0.15) is 23.0 Å². The third-order valence-electron chi connectivity index (χ3n) is 10.1. The Morgan fingerprint density at radius 3 is 2.31 bits per heavy atom. The number of carbonyl (C=O) groups is 2. The maximum absolute atomic E-state index is 14.5. The van der Waals surface area contributed by atoms with Crippen LogP contribution in [0.1, 0.15) is 112 Å². The molecule has 0 unspecified atom stereocenters. The molecular formula is C34H41F2N7O2. The topological polar surface area (TPSA) is 116 Å². The summed E-state index contributed by atoms with van der Waals surface area (Å²) in [6.45, 7) is 9.15. The summed E-state index contributed by atoms with van der Waals surface area (Å²) in [7, 11) is 0. The van der Waals surface area contributed by atoms with E-state index in [-0.39, 0.29) is 46.5 Å². The number of hydrogen-bond acceptors (Lipinski definition) is 6.